The Hall–Kier alpha value is -1.22. The van der Waals surface area contributed by atoms with Gasteiger partial charge in [-0.15, -0.1) is 0 Å². The number of ether oxygens (including phenoxy) is 1. The molecule has 0 saturated carbocycles. The smallest absolute Gasteiger partial charge is 0.119 e. The molecule has 1 rings (SSSR count). The van der Waals surface area contributed by atoms with Crippen molar-refractivity contribution >= 4 is 5.69 Å². The fourth-order valence-electron chi connectivity index (χ4n) is 1.02. The Balaban J connectivity index is 2.59. The van der Waals surface area contributed by atoms with Gasteiger partial charge in [-0.05, 0) is 24.3 Å². The van der Waals surface area contributed by atoms with E-state index in [4.69, 9.17) is 10.5 Å². The zero-order chi connectivity index (χ0) is 9.68. The quantitative estimate of drug-likeness (QED) is 0.753. The number of rotatable bonds is 4. The summed E-state index contributed by atoms with van der Waals surface area (Å²) in [6.07, 6.45) is 0. The molecule has 0 atom stereocenters. The molecule has 72 valence electrons. The lowest BCUT2D eigenvalue weighted by molar-refractivity contribution is 0.328. The van der Waals surface area contributed by atoms with E-state index in [9.17, 15) is 0 Å². The van der Waals surface area contributed by atoms with Crippen molar-refractivity contribution in [3.05, 3.63) is 24.3 Å². The minimum atomic E-state index is 0.551. The molecule has 0 aliphatic heterocycles. The van der Waals surface area contributed by atoms with Gasteiger partial charge in [-0.25, -0.2) is 0 Å². The summed E-state index contributed by atoms with van der Waals surface area (Å²) in [5, 5.41) is 0. The molecule has 0 spiro atoms. The van der Waals surface area contributed by atoms with E-state index in [1.54, 1.807) is 0 Å². The third kappa shape index (κ3) is 2.95. The van der Waals surface area contributed by atoms with Gasteiger partial charge in [-0.3, -0.25) is 0 Å². The molecule has 0 aromatic heterocycles. The topological polar surface area (TPSA) is 38.5 Å². The van der Waals surface area contributed by atoms with Gasteiger partial charge < -0.3 is 15.4 Å². The third-order valence-electron chi connectivity index (χ3n) is 1.74. The monoisotopic (exact) mass is 180 g/mol. The van der Waals surface area contributed by atoms with Crippen molar-refractivity contribution in [3.63, 3.8) is 0 Å². The van der Waals surface area contributed by atoms with Gasteiger partial charge in [0.05, 0.1) is 0 Å². The van der Waals surface area contributed by atoms with Crippen LogP contribution in [0.2, 0.25) is 0 Å². The van der Waals surface area contributed by atoms with Gasteiger partial charge in [0, 0.05) is 26.3 Å². The second-order valence-electron chi connectivity index (χ2n) is 3.03. The first-order valence-electron chi connectivity index (χ1n) is 4.34. The molecule has 0 saturated heterocycles. The number of anilines is 1. The zero-order valence-corrected chi connectivity index (χ0v) is 8.16. The number of nitrogens with zero attached hydrogens (tertiary/aromatic N) is 1. The predicted octanol–water partition coefficient (Wildman–Crippen LogP) is 1.09. The van der Waals surface area contributed by atoms with Gasteiger partial charge in [-0.2, -0.15) is 0 Å². The molecular formula is C10H16N2O. The first-order chi connectivity index (χ1) is 6.24. The van der Waals surface area contributed by atoms with Crippen molar-refractivity contribution in [1.29, 1.82) is 0 Å². The molecule has 0 fully saturated rings. The molecule has 3 heteroatoms. The van der Waals surface area contributed by atoms with Crippen LogP contribution in [0.15, 0.2) is 24.3 Å². The summed E-state index contributed by atoms with van der Waals surface area (Å²) >= 11 is 0. The van der Waals surface area contributed by atoms with E-state index in [1.165, 1.54) is 5.69 Å². The molecule has 0 unspecified atom stereocenters. The number of benzene rings is 1. The van der Waals surface area contributed by atoms with Crippen LogP contribution < -0.4 is 15.4 Å². The van der Waals surface area contributed by atoms with Crippen LogP contribution in [0.5, 0.6) is 5.75 Å². The van der Waals surface area contributed by atoms with Crippen LogP contribution in [0.3, 0.4) is 0 Å². The van der Waals surface area contributed by atoms with Crippen molar-refractivity contribution in [2.45, 2.75) is 0 Å². The third-order valence-corrected chi connectivity index (χ3v) is 1.74. The SMILES string of the molecule is CN(C)c1ccc(OCCN)cc1. The minimum absolute atomic E-state index is 0.551. The summed E-state index contributed by atoms with van der Waals surface area (Å²) in [7, 11) is 4.02. The molecule has 0 aliphatic carbocycles. The summed E-state index contributed by atoms with van der Waals surface area (Å²) in [6, 6.07) is 7.94. The molecule has 0 bridgehead atoms. The molecular weight excluding hydrogens is 164 g/mol. The number of nitrogens with two attached hydrogens (primary N) is 1. The van der Waals surface area contributed by atoms with Gasteiger partial charge in [0.25, 0.3) is 0 Å². The first kappa shape index (κ1) is 9.86. The van der Waals surface area contributed by atoms with Crippen LogP contribution in [0, 0.1) is 0 Å². The van der Waals surface area contributed by atoms with Crippen LogP contribution in [0.4, 0.5) is 5.69 Å². The van der Waals surface area contributed by atoms with Crippen molar-refractivity contribution in [2.75, 3.05) is 32.1 Å². The average molecular weight is 180 g/mol. The highest BCUT2D eigenvalue weighted by molar-refractivity contribution is 5.47. The Morgan fingerprint density at radius 2 is 1.85 bits per heavy atom. The van der Waals surface area contributed by atoms with Gasteiger partial charge in [0.1, 0.15) is 12.4 Å². The van der Waals surface area contributed by atoms with Crippen molar-refractivity contribution < 1.29 is 4.74 Å². The summed E-state index contributed by atoms with van der Waals surface area (Å²) in [4.78, 5) is 2.05. The molecule has 3 nitrogen and oxygen atoms in total. The van der Waals surface area contributed by atoms with Gasteiger partial charge >= 0.3 is 0 Å². The van der Waals surface area contributed by atoms with E-state index in [2.05, 4.69) is 0 Å². The Kier molecular flexibility index (Phi) is 3.58. The maximum absolute atomic E-state index is 5.35. The van der Waals surface area contributed by atoms with Gasteiger partial charge in [0.2, 0.25) is 0 Å². The van der Waals surface area contributed by atoms with Gasteiger partial charge in [-0.1, -0.05) is 0 Å². The van der Waals surface area contributed by atoms with Crippen molar-refractivity contribution in [3.8, 4) is 5.75 Å². The normalized spacial score (nSPS) is 9.77. The molecule has 1 aromatic rings. The Bertz CT molecular complexity index is 244. The molecule has 13 heavy (non-hydrogen) atoms. The van der Waals surface area contributed by atoms with E-state index in [0.717, 1.165) is 5.75 Å². The number of hydrogen-bond donors (Lipinski definition) is 1. The highest BCUT2D eigenvalue weighted by atomic mass is 16.5. The second-order valence-corrected chi connectivity index (χ2v) is 3.03. The zero-order valence-electron chi connectivity index (χ0n) is 8.16. The Labute approximate surface area is 79.1 Å². The van der Waals surface area contributed by atoms with Crippen LogP contribution in [-0.4, -0.2) is 27.2 Å². The lowest BCUT2D eigenvalue weighted by Gasteiger charge is -2.12. The highest BCUT2D eigenvalue weighted by Gasteiger charge is 1.95. The summed E-state index contributed by atoms with van der Waals surface area (Å²) in [5.41, 5.74) is 6.49. The van der Waals surface area contributed by atoms with E-state index < -0.39 is 0 Å². The first-order valence-corrected chi connectivity index (χ1v) is 4.34. The molecule has 1 aromatic carbocycles. The maximum Gasteiger partial charge on any atom is 0.119 e. The van der Waals surface area contributed by atoms with E-state index in [0.29, 0.717) is 13.2 Å². The molecule has 0 heterocycles. The summed E-state index contributed by atoms with van der Waals surface area (Å²) in [6.45, 7) is 1.12. The van der Waals surface area contributed by atoms with Gasteiger partial charge in [0.15, 0.2) is 0 Å². The second kappa shape index (κ2) is 4.72. The molecule has 2 N–H and O–H groups in total. The standard InChI is InChI=1S/C10H16N2O/c1-12(2)9-3-5-10(6-4-9)13-8-7-11/h3-6H,7-8,11H2,1-2H3. The van der Waals surface area contributed by atoms with Crippen LogP contribution >= 0.6 is 0 Å². The fraction of sp³-hybridized carbons (Fsp3) is 0.400. The van der Waals surface area contributed by atoms with E-state index >= 15 is 0 Å². The lowest BCUT2D eigenvalue weighted by Crippen LogP contribution is -2.11. The molecule has 0 aliphatic rings. The van der Waals surface area contributed by atoms with Crippen molar-refractivity contribution in [2.24, 2.45) is 5.73 Å². The Morgan fingerprint density at radius 1 is 1.23 bits per heavy atom. The van der Waals surface area contributed by atoms with E-state index in [-0.39, 0.29) is 0 Å². The van der Waals surface area contributed by atoms with Crippen molar-refractivity contribution in [1.82, 2.24) is 0 Å². The Morgan fingerprint density at radius 3 is 2.31 bits per heavy atom. The number of hydrogen-bond acceptors (Lipinski definition) is 3. The fourth-order valence-corrected chi connectivity index (χ4v) is 1.02. The van der Waals surface area contributed by atoms with E-state index in [1.807, 2.05) is 43.3 Å². The largest absolute Gasteiger partial charge is 0.492 e. The molecule has 0 amide bonds. The van der Waals surface area contributed by atoms with Crippen LogP contribution in [-0.2, 0) is 0 Å². The maximum atomic E-state index is 5.35. The summed E-state index contributed by atoms with van der Waals surface area (Å²) in [5.74, 6) is 0.871. The summed E-state index contributed by atoms with van der Waals surface area (Å²) < 4.78 is 5.35. The highest BCUT2D eigenvalue weighted by Crippen LogP contribution is 2.16. The van der Waals surface area contributed by atoms with Crippen LogP contribution in [0.1, 0.15) is 0 Å². The van der Waals surface area contributed by atoms with Crippen LogP contribution in [0.25, 0.3) is 0 Å². The minimum Gasteiger partial charge on any atom is -0.492 e. The lowest BCUT2D eigenvalue weighted by atomic mass is 10.3. The predicted molar refractivity (Wildman–Crippen MR) is 55.3 cm³/mol. The molecule has 0 radical (unpaired) electrons. The average Bonchev–Trinajstić information content (AvgIpc) is 2.15.